The van der Waals surface area contributed by atoms with Crippen molar-refractivity contribution in [3.8, 4) is 0 Å². The summed E-state index contributed by atoms with van der Waals surface area (Å²) in [6.07, 6.45) is 4.91. The lowest BCUT2D eigenvalue weighted by molar-refractivity contribution is 0.0791. The van der Waals surface area contributed by atoms with Crippen molar-refractivity contribution in [3.63, 3.8) is 0 Å². The maximum absolute atomic E-state index is 12.4. The molecule has 0 saturated carbocycles. The molecule has 1 aromatic carbocycles. The monoisotopic (exact) mass is 289 g/mol. The molecule has 0 spiro atoms. The molecule has 5 heteroatoms. The van der Waals surface area contributed by atoms with Crippen LogP contribution >= 0.6 is 11.6 Å². The van der Waals surface area contributed by atoms with E-state index in [0.717, 1.165) is 19.5 Å². The largest absolute Gasteiger partial charge is 0.338 e. The highest BCUT2D eigenvalue weighted by atomic mass is 35.5. The van der Waals surface area contributed by atoms with Crippen molar-refractivity contribution >= 4 is 17.5 Å². The zero-order valence-corrected chi connectivity index (χ0v) is 12.0. The number of rotatable bonds is 2. The van der Waals surface area contributed by atoms with Gasteiger partial charge < -0.3 is 4.90 Å². The van der Waals surface area contributed by atoms with E-state index in [1.165, 1.54) is 5.56 Å². The second-order valence-corrected chi connectivity index (χ2v) is 5.63. The maximum atomic E-state index is 12.4. The highest BCUT2D eigenvalue weighted by Gasteiger charge is 2.28. The molecule has 0 aliphatic carbocycles. The summed E-state index contributed by atoms with van der Waals surface area (Å²) in [4.78, 5) is 14.3. The maximum Gasteiger partial charge on any atom is 0.253 e. The molecule has 4 nitrogen and oxygen atoms in total. The van der Waals surface area contributed by atoms with E-state index in [-0.39, 0.29) is 5.91 Å². The molecule has 0 bridgehead atoms. The standard InChI is InChI=1S/C15H16ClN3O/c1-18-9-13(8-17-18)12-6-7-19(10-12)15(20)11-2-4-14(16)5-3-11/h2-5,8-9,12H,6-7,10H2,1H3. The van der Waals surface area contributed by atoms with Crippen LogP contribution < -0.4 is 0 Å². The van der Waals surface area contributed by atoms with Crippen LogP contribution in [0.25, 0.3) is 0 Å². The third-order valence-corrected chi connectivity index (χ3v) is 4.01. The molecule has 1 aliphatic heterocycles. The predicted octanol–water partition coefficient (Wildman–Crippen LogP) is 2.70. The average Bonchev–Trinajstić information content (AvgIpc) is 3.07. The quantitative estimate of drug-likeness (QED) is 0.852. The first-order chi connectivity index (χ1) is 9.63. The third-order valence-electron chi connectivity index (χ3n) is 3.76. The van der Waals surface area contributed by atoms with Gasteiger partial charge in [-0.05, 0) is 36.2 Å². The SMILES string of the molecule is Cn1cc(C2CCN(C(=O)c3ccc(Cl)cc3)C2)cn1. The molecule has 1 fully saturated rings. The van der Waals surface area contributed by atoms with E-state index in [9.17, 15) is 4.79 Å². The molecular formula is C15H16ClN3O. The number of carbonyl (C=O) groups excluding carboxylic acids is 1. The molecule has 3 rings (SSSR count). The van der Waals surface area contributed by atoms with Crippen LogP contribution in [0.15, 0.2) is 36.7 Å². The van der Waals surface area contributed by atoms with E-state index in [1.54, 1.807) is 28.9 Å². The summed E-state index contributed by atoms with van der Waals surface area (Å²) in [7, 11) is 1.91. The summed E-state index contributed by atoms with van der Waals surface area (Å²) in [6, 6.07) is 7.07. The van der Waals surface area contributed by atoms with Crippen LogP contribution in [-0.2, 0) is 7.05 Å². The van der Waals surface area contributed by atoms with Gasteiger partial charge in [-0.1, -0.05) is 11.6 Å². The van der Waals surface area contributed by atoms with Gasteiger partial charge in [0, 0.05) is 42.8 Å². The van der Waals surface area contributed by atoms with Crippen LogP contribution in [0.3, 0.4) is 0 Å². The van der Waals surface area contributed by atoms with E-state index >= 15 is 0 Å². The number of amides is 1. The topological polar surface area (TPSA) is 38.1 Å². The summed E-state index contributed by atoms with van der Waals surface area (Å²) in [6.45, 7) is 1.55. The van der Waals surface area contributed by atoms with E-state index in [2.05, 4.69) is 5.10 Å². The van der Waals surface area contributed by atoms with Gasteiger partial charge in [0.2, 0.25) is 0 Å². The predicted molar refractivity (Wildman–Crippen MR) is 77.9 cm³/mol. The van der Waals surface area contributed by atoms with Crippen molar-refractivity contribution in [1.29, 1.82) is 0 Å². The second-order valence-electron chi connectivity index (χ2n) is 5.19. The van der Waals surface area contributed by atoms with E-state index < -0.39 is 0 Å². The first kappa shape index (κ1) is 13.2. The second kappa shape index (κ2) is 5.29. The van der Waals surface area contributed by atoms with Crippen molar-refractivity contribution < 1.29 is 4.79 Å². The molecule has 2 heterocycles. The highest BCUT2D eigenvalue weighted by molar-refractivity contribution is 6.30. The number of hydrogen-bond donors (Lipinski definition) is 0. The summed E-state index contributed by atoms with van der Waals surface area (Å²) >= 11 is 5.85. The van der Waals surface area contributed by atoms with Crippen LogP contribution in [0.5, 0.6) is 0 Å². The van der Waals surface area contributed by atoms with Crippen LogP contribution in [0.2, 0.25) is 5.02 Å². The van der Waals surface area contributed by atoms with Gasteiger partial charge in [-0.15, -0.1) is 0 Å². The number of nitrogens with zero attached hydrogens (tertiary/aromatic N) is 3. The molecular weight excluding hydrogens is 274 g/mol. The normalized spacial score (nSPS) is 18.5. The van der Waals surface area contributed by atoms with Crippen molar-refractivity contribution in [2.75, 3.05) is 13.1 Å². The number of benzene rings is 1. The van der Waals surface area contributed by atoms with Crippen molar-refractivity contribution in [1.82, 2.24) is 14.7 Å². The Balaban J connectivity index is 1.70. The third kappa shape index (κ3) is 2.56. The number of aryl methyl sites for hydroxylation is 1. The highest BCUT2D eigenvalue weighted by Crippen LogP contribution is 2.27. The van der Waals surface area contributed by atoms with Crippen LogP contribution in [0.4, 0.5) is 0 Å². The summed E-state index contributed by atoms with van der Waals surface area (Å²) in [5.41, 5.74) is 1.90. The van der Waals surface area contributed by atoms with E-state index in [0.29, 0.717) is 16.5 Å². The zero-order valence-electron chi connectivity index (χ0n) is 11.3. The molecule has 20 heavy (non-hydrogen) atoms. The molecule has 1 aromatic heterocycles. The van der Waals surface area contributed by atoms with Crippen molar-refractivity contribution in [3.05, 3.63) is 52.8 Å². The molecule has 1 amide bonds. The van der Waals surface area contributed by atoms with Gasteiger partial charge in [0.15, 0.2) is 0 Å². The Bertz CT molecular complexity index is 620. The Labute approximate surface area is 123 Å². The molecule has 1 aliphatic rings. The fourth-order valence-corrected chi connectivity index (χ4v) is 2.77. The van der Waals surface area contributed by atoms with Gasteiger partial charge >= 0.3 is 0 Å². The Morgan fingerprint density at radius 3 is 2.75 bits per heavy atom. The lowest BCUT2D eigenvalue weighted by Crippen LogP contribution is -2.28. The van der Waals surface area contributed by atoms with Crippen LogP contribution in [0.1, 0.15) is 28.3 Å². The lowest BCUT2D eigenvalue weighted by atomic mass is 10.0. The lowest BCUT2D eigenvalue weighted by Gasteiger charge is -2.16. The molecule has 1 atom stereocenters. The van der Waals surface area contributed by atoms with Gasteiger partial charge in [-0.25, -0.2) is 0 Å². The fourth-order valence-electron chi connectivity index (χ4n) is 2.64. The number of halogens is 1. The molecule has 0 N–H and O–H groups in total. The Morgan fingerprint density at radius 1 is 1.35 bits per heavy atom. The Morgan fingerprint density at radius 2 is 2.10 bits per heavy atom. The fraction of sp³-hybridized carbons (Fsp3) is 0.333. The summed E-state index contributed by atoms with van der Waals surface area (Å²) < 4.78 is 1.80. The number of carbonyl (C=O) groups is 1. The minimum Gasteiger partial charge on any atom is -0.338 e. The van der Waals surface area contributed by atoms with Gasteiger partial charge in [0.1, 0.15) is 0 Å². The first-order valence-electron chi connectivity index (χ1n) is 6.67. The van der Waals surface area contributed by atoms with E-state index in [4.69, 9.17) is 11.6 Å². The number of likely N-dealkylation sites (tertiary alicyclic amines) is 1. The molecule has 1 unspecified atom stereocenters. The summed E-state index contributed by atoms with van der Waals surface area (Å²) in [5.74, 6) is 0.466. The molecule has 2 aromatic rings. The Hall–Kier alpha value is -1.81. The zero-order chi connectivity index (χ0) is 14.1. The average molecular weight is 290 g/mol. The molecule has 1 saturated heterocycles. The van der Waals surface area contributed by atoms with Crippen molar-refractivity contribution in [2.24, 2.45) is 7.05 Å². The smallest absolute Gasteiger partial charge is 0.253 e. The minimum absolute atomic E-state index is 0.0769. The van der Waals surface area contributed by atoms with Crippen molar-refractivity contribution in [2.45, 2.75) is 12.3 Å². The van der Waals surface area contributed by atoms with Crippen LogP contribution in [-0.4, -0.2) is 33.7 Å². The molecule has 0 radical (unpaired) electrons. The first-order valence-corrected chi connectivity index (χ1v) is 7.04. The Kier molecular flexibility index (Phi) is 3.49. The number of aromatic nitrogens is 2. The van der Waals surface area contributed by atoms with Gasteiger partial charge in [0.05, 0.1) is 6.20 Å². The number of hydrogen-bond acceptors (Lipinski definition) is 2. The van der Waals surface area contributed by atoms with Gasteiger partial charge in [0.25, 0.3) is 5.91 Å². The van der Waals surface area contributed by atoms with Gasteiger partial charge in [-0.3, -0.25) is 9.48 Å². The minimum atomic E-state index is 0.0769. The summed E-state index contributed by atoms with van der Waals surface area (Å²) in [5, 5.41) is 4.85. The van der Waals surface area contributed by atoms with Crippen LogP contribution in [0, 0.1) is 0 Å². The van der Waals surface area contributed by atoms with Gasteiger partial charge in [-0.2, -0.15) is 5.10 Å². The van der Waals surface area contributed by atoms with E-state index in [1.807, 2.05) is 24.3 Å². The molecule has 104 valence electrons.